The summed E-state index contributed by atoms with van der Waals surface area (Å²) in [5.74, 6) is -1.30. The van der Waals surface area contributed by atoms with E-state index < -0.39 is 17.8 Å². The zero-order valence-electron chi connectivity index (χ0n) is 10.3. The van der Waals surface area contributed by atoms with Crippen molar-refractivity contribution in [3.63, 3.8) is 0 Å². The van der Waals surface area contributed by atoms with Crippen LogP contribution in [0.5, 0.6) is 0 Å². The fourth-order valence-electron chi connectivity index (χ4n) is 1.43. The van der Waals surface area contributed by atoms with Gasteiger partial charge in [0.2, 0.25) is 0 Å². The fourth-order valence-corrected chi connectivity index (χ4v) is 2.05. The number of carbonyl (C=O) groups excluding carboxylic acids is 2. The van der Waals surface area contributed by atoms with Crippen molar-refractivity contribution in [1.29, 1.82) is 0 Å². The number of thioether (sulfide) groups is 1. The zero-order valence-corrected chi connectivity index (χ0v) is 11.1. The van der Waals surface area contributed by atoms with Crippen molar-refractivity contribution in [2.75, 3.05) is 13.3 Å². The quantitative estimate of drug-likeness (QED) is 0.632. The molecule has 0 heterocycles. The van der Waals surface area contributed by atoms with E-state index in [0.717, 1.165) is 15.5 Å². The van der Waals surface area contributed by atoms with Crippen molar-refractivity contribution >= 4 is 23.7 Å². The molecule has 0 saturated heterocycles. The summed E-state index contributed by atoms with van der Waals surface area (Å²) in [6.45, 7) is 1.76. The number of hydrogen-bond donors (Lipinski definition) is 2. The summed E-state index contributed by atoms with van der Waals surface area (Å²) < 4.78 is 13.7. The van der Waals surface area contributed by atoms with Gasteiger partial charge in [-0.1, -0.05) is 0 Å². The number of halogens is 1. The highest BCUT2D eigenvalue weighted by Gasteiger charge is 2.18. The lowest BCUT2D eigenvalue weighted by atomic mass is 10.1. The first-order valence-corrected chi connectivity index (χ1v) is 6.27. The lowest BCUT2D eigenvalue weighted by molar-refractivity contribution is 0.0733. The van der Waals surface area contributed by atoms with Gasteiger partial charge in [-0.3, -0.25) is 9.80 Å². The van der Waals surface area contributed by atoms with Crippen LogP contribution in [0.1, 0.15) is 15.9 Å². The molecule has 0 radical (unpaired) electrons. The number of aryl methyl sites for hydroxylation is 1. The third-order valence-electron chi connectivity index (χ3n) is 2.30. The number of nitrogens with zero attached hydrogens (tertiary/aromatic N) is 1. The number of nitrogens with two attached hydrogens (primary N) is 1. The molecule has 0 bridgehead atoms. The summed E-state index contributed by atoms with van der Waals surface area (Å²) in [5, 5.41) is 0.847. The maximum Gasteiger partial charge on any atom is 0.331 e. The van der Waals surface area contributed by atoms with Crippen molar-refractivity contribution < 1.29 is 14.0 Å². The lowest BCUT2D eigenvalue weighted by Crippen LogP contribution is -2.46. The average molecular weight is 271 g/mol. The second kappa shape index (κ2) is 5.72. The number of amides is 3. The van der Waals surface area contributed by atoms with Crippen LogP contribution >= 0.6 is 11.8 Å². The number of hydrazine groups is 1. The third-order valence-corrected chi connectivity index (χ3v) is 3.18. The van der Waals surface area contributed by atoms with Gasteiger partial charge >= 0.3 is 6.03 Å². The standard InChI is InChI=1S/C11H14FN3O2S/c1-6-4-8(12)7(5-9(6)18-3)10(16)15(2)14-11(13)17/h4-5H,1-3H3,(H3,13,14,17). The summed E-state index contributed by atoms with van der Waals surface area (Å²) in [4.78, 5) is 23.3. The molecule has 0 aliphatic heterocycles. The Kier molecular flexibility index (Phi) is 4.55. The van der Waals surface area contributed by atoms with Crippen molar-refractivity contribution in [3.8, 4) is 0 Å². The van der Waals surface area contributed by atoms with Gasteiger partial charge in [0.25, 0.3) is 5.91 Å². The van der Waals surface area contributed by atoms with Gasteiger partial charge in [0.15, 0.2) is 0 Å². The molecule has 0 aliphatic carbocycles. The minimum Gasteiger partial charge on any atom is -0.350 e. The van der Waals surface area contributed by atoms with Crippen LogP contribution in [0.15, 0.2) is 17.0 Å². The minimum absolute atomic E-state index is 0.110. The van der Waals surface area contributed by atoms with E-state index >= 15 is 0 Å². The van der Waals surface area contributed by atoms with Crippen LogP contribution in [0, 0.1) is 12.7 Å². The monoisotopic (exact) mass is 271 g/mol. The van der Waals surface area contributed by atoms with E-state index in [1.165, 1.54) is 30.9 Å². The first-order valence-electron chi connectivity index (χ1n) is 5.05. The summed E-state index contributed by atoms with van der Waals surface area (Å²) >= 11 is 1.41. The molecule has 18 heavy (non-hydrogen) atoms. The maximum atomic E-state index is 13.7. The highest BCUT2D eigenvalue weighted by atomic mass is 32.2. The predicted molar refractivity (Wildman–Crippen MR) is 67.7 cm³/mol. The van der Waals surface area contributed by atoms with Crippen LogP contribution in [0.2, 0.25) is 0 Å². The Labute approximate surface area is 108 Å². The SMILES string of the molecule is CSc1cc(C(=O)N(C)NC(N)=O)c(F)cc1C. The Balaban J connectivity index is 3.09. The van der Waals surface area contributed by atoms with Crippen LogP contribution in [0.4, 0.5) is 9.18 Å². The molecule has 0 saturated carbocycles. The molecule has 5 nitrogen and oxygen atoms in total. The number of primary amides is 1. The number of hydrogen-bond acceptors (Lipinski definition) is 3. The van der Waals surface area contributed by atoms with Crippen molar-refractivity contribution in [2.45, 2.75) is 11.8 Å². The second-order valence-corrected chi connectivity index (χ2v) is 4.49. The summed E-state index contributed by atoms with van der Waals surface area (Å²) in [7, 11) is 1.30. The molecule has 0 aromatic heterocycles. The van der Waals surface area contributed by atoms with Crippen LogP contribution in [0.3, 0.4) is 0 Å². The Hall–Kier alpha value is -1.76. The summed E-state index contributed by atoms with van der Waals surface area (Å²) in [5.41, 5.74) is 7.60. The van der Waals surface area contributed by atoms with Gasteiger partial charge < -0.3 is 5.73 Å². The van der Waals surface area contributed by atoms with Crippen molar-refractivity contribution in [2.24, 2.45) is 5.73 Å². The molecule has 3 N–H and O–H groups in total. The molecule has 0 atom stereocenters. The number of benzene rings is 1. The Morgan fingerprint density at radius 3 is 2.56 bits per heavy atom. The molecule has 0 fully saturated rings. The lowest BCUT2D eigenvalue weighted by Gasteiger charge is -2.17. The topological polar surface area (TPSA) is 75.4 Å². The van der Waals surface area contributed by atoms with Crippen LogP contribution in [-0.4, -0.2) is 30.3 Å². The largest absolute Gasteiger partial charge is 0.350 e. The van der Waals surface area contributed by atoms with E-state index in [4.69, 9.17) is 5.73 Å². The molecular weight excluding hydrogens is 257 g/mol. The summed E-state index contributed by atoms with van der Waals surface area (Å²) in [6.07, 6.45) is 1.83. The van der Waals surface area contributed by atoms with E-state index in [1.807, 2.05) is 6.26 Å². The number of urea groups is 1. The Bertz CT molecular complexity index is 493. The predicted octanol–water partition coefficient (Wildman–Crippen LogP) is 1.51. The molecule has 1 aromatic carbocycles. The third kappa shape index (κ3) is 3.13. The smallest absolute Gasteiger partial charge is 0.331 e. The highest BCUT2D eigenvalue weighted by molar-refractivity contribution is 7.98. The maximum absolute atomic E-state index is 13.7. The van der Waals surface area contributed by atoms with Gasteiger partial charge in [-0.05, 0) is 30.9 Å². The van der Waals surface area contributed by atoms with Gasteiger partial charge in [-0.2, -0.15) is 0 Å². The van der Waals surface area contributed by atoms with Gasteiger partial charge in [0.05, 0.1) is 5.56 Å². The van der Waals surface area contributed by atoms with Crippen LogP contribution in [0.25, 0.3) is 0 Å². The molecule has 1 aromatic rings. The Morgan fingerprint density at radius 2 is 2.06 bits per heavy atom. The number of nitrogens with one attached hydrogen (secondary N) is 1. The molecule has 0 aliphatic rings. The van der Waals surface area contributed by atoms with Crippen molar-refractivity contribution in [1.82, 2.24) is 10.4 Å². The van der Waals surface area contributed by atoms with E-state index in [-0.39, 0.29) is 5.56 Å². The van der Waals surface area contributed by atoms with Gasteiger partial charge in [0.1, 0.15) is 5.82 Å². The average Bonchev–Trinajstić information content (AvgIpc) is 2.27. The molecule has 0 spiro atoms. The van der Waals surface area contributed by atoms with E-state index in [9.17, 15) is 14.0 Å². The first kappa shape index (κ1) is 14.3. The Morgan fingerprint density at radius 1 is 1.44 bits per heavy atom. The van der Waals surface area contributed by atoms with E-state index in [2.05, 4.69) is 5.43 Å². The number of carbonyl (C=O) groups is 2. The van der Waals surface area contributed by atoms with Crippen molar-refractivity contribution in [3.05, 3.63) is 29.1 Å². The molecule has 7 heteroatoms. The minimum atomic E-state index is -0.886. The first-order chi connectivity index (χ1) is 8.36. The highest BCUT2D eigenvalue weighted by Crippen LogP contribution is 2.24. The summed E-state index contributed by atoms with van der Waals surface area (Å²) in [6, 6.07) is 1.86. The molecular formula is C11H14FN3O2S. The van der Waals surface area contributed by atoms with Gasteiger partial charge in [-0.15, -0.1) is 11.8 Å². The van der Waals surface area contributed by atoms with Crippen LogP contribution in [-0.2, 0) is 0 Å². The normalized spacial score (nSPS) is 10.0. The second-order valence-electron chi connectivity index (χ2n) is 3.64. The zero-order chi connectivity index (χ0) is 13.9. The molecule has 3 amide bonds. The van der Waals surface area contributed by atoms with E-state index in [1.54, 1.807) is 6.92 Å². The van der Waals surface area contributed by atoms with Gasteiger partial charge in [0, 0.05) is 11.9 Å². The van der Waals surface area contributed by atoms with Crippen LogP contribution < -0.4 is 11.2 Å². The van der Waals surface area contributed by atoms with E-state index in [0.29, 0.717) is 0 Å². The molecule has 0 unspecified atom stereocenters. The number of rotatable bonds is 2. The fraction of sp³-hybridized carbons (Fsp3) is 0.273. The van der Waals surface area contributed by atoms with Gasteiger partial charge in [-0.25, -0.2) is 14.6 Å². The molecule has 98 valence electrons. The molecule has 1 rings (SSSR count).